The van der Waals surface area contributed by atoms with Crippen LogP contribution in [0.5, 0.6) is 0 Å². The van der Waals surface area contributed by atoms with E-state index in [1.807, 2.05) is 0 Å². The Morgan fingerprint density at radius 1 is 1.10 bits per heavy atom. The lowest BCUT2D eigenvalue weighted by Crippen LogP contribution is -2.50. The summed E-state index contributed by atoms with van der Waals surface area (Å²) in [7, 11) is 0. The summed E-state index contributed by atoms with van der Waals surface area (Å²) in [6, 6.07) is 2.56. The maximum atomic E-state index is 9.20. The van der Waals surface area contributed by atoms with E-state index in [1.165, 1.54) is 0 Å². The first-order valence-corrected chi connectivity index (χ1v) is 8.11. The lowest BCUT2D eigenvalue weighted by atomic mass is 10.1. The second kappa shape index (κ2) is 10.1. The molecular weight excluding hydrogens is 250 g/mol. The van der Waals surface area contributed by atoms with Gasteiger partial charge in [-0.3, -0.25) is 9.80 Å². The molecule has 20 heavy (non-hydrogen) atoms. The molecule has 1 aliphatic rings. The van der Waals surface area contributed by atoms with E-state index >= 15 is 0 Å². The summed E-state index contributed by atoms with van der Waals surface area (Å²) in [4.78, 5) is 4.78. The summed E-state index contributed by atoms with van der Waals surface area (Å²) >= 11 is 0. The summed E-state index contributed by atoms with van der Waals surface area (Å²) < 4.78 is 5.67. The Bertz CT molecular complexity index is 280. The molecule has 4 nitrogen and oxygen atoms in total. The fourth-order valence-corrected chi connectivity index (χ4v) is 2.52. The van der Waals surface area contributed by atoms with E-state index in [1.54, 1.807) is 0 Å². The Balaban J connectivity index is 2.11. The zero-order valence-electron chi connectivity index (χ0n) is 13.5. The summed E-state index contributed by atoms with van der Waals surface area (Å²) in [5, 5.41) is 9.20. The van der Waals surface area contributed by atoms with Gasteiger partial charge in [0.15, 0.2) is 0 Å². The van der Waals surface area contributed by atoms with E-state index in [2.05, 4.69) is 36.6 Å². The second-order valence-corrected chi connectivity index (χ2v) is 6.11. The number of nitrogens with zero attached hydrogens (tertiary/aromatic N) is 3. The minimum atomic E-state index is 0.115. The van der Waals surface area contributed by atoms with Gasteiger partial charge in [-0.05, 0) is 18.8 Å². The normalized spacial score (nSPS) is 19.1. The zero-order chi connectivity index (χ0) is 14.8. The Morgan fingerprint density at radius 2 is 1.80 bits per heavy atom. The monoisotopic (exact) mass is 281 g/mol. The highest BCUT2D eigenvalue weighted by atomic mass is 16.5. The lowest BCUT2D eigenvalue weighted by Gasteiger charge is -2.36. The van der Waals surface area contributed by atoms with Gasteiger partial charge in [-0.2, -0.15) is 5.26 Å². The predicted octanol–water partition coefficient (Wildman–Crippen LogP) is 2.36. The third-order valence-corrected chi connectivity index (χ3v) is 3.95. The van der Waals surface area contributed by atoms with Crippen LogP contribution in [0.4, 0.5) is 0 Å². The van der Waals surface area contributed by atoms with Crippen molar-refractivity contribution >= 4 is 0 Å². The highest BCUT2D eigenvalue weighted by Crippen LogP contribution is 2.10. The van der Waals surface area contributed by atoms with Gasteiger partial charge in [0.1, 0.15) is 0 Å². The molecule has 116 valence electrons. The van der Waals surface area contributed by atoms with Crippen LogP contribution in [0.2, 0.25) is 0 Å². The summed E-state index contributed by atoms with van der Waals surface area (Å²) in [6.45, 7) is 13.5. The zero-order valence-corrected chi connectivity index (χ0v) is 13.5. The molecule has 1 fully saturated rings. The first-order valence-electron chi connectivity index (χ1n) is 8.11. The van der Waals surface area contributed by atoms with Crippen LogP contribution in [0.1, 0.15) is 40.0 Å². The van der Waals surface area contributed by atoms with Gasteiger partial charge in [-0.1, -0.05) is 27.2 Å². The summed E-state index contributed by atoms with van der Waals surface area (Å²) in [5.74, 6) is 0.722. The molecule has 1 saturated heterocycles. The van der Waals surface area contributed by atoms with Crippen LogP contribution in [-0.2, 0) is 4.74 Å². The third-order valence-electron chi connectivity index (χ3n) is 3.95. The molecule has 1 unspecified atom stereocenters. The number of hydrogen-bond donors (Lipinski definition) is 0. The minimum absolute atomic E-state index is 0.115. The molecule has 0 spiro atoms. The molecule has 0 amide bonds. The molecule has 0 aromatic carbocycles. The maximum absolute atomic E-state index is 9.20. The van der Waals surface area contributed by atoms with E-state index in [9.17, 15) is 5.26 Å². The minimum Gasteiger partial charge on any atom is -0.380 e. The molecule has 0 radical (unpaired) electrons. The van der Waals surface area contributed by atoms with Gasteiger partial charge in [-0.15, -0.1) is 0 Å². The van der Waals surface area contributed by atoms with E-state index in [0.29, 0.717) is 0 Å². The van der Waals surface area contributed by atoms with Gasteiger partial charge in [0.2, 0.25) is 0 Å². The Morgan fingerprint density at radius 3 is 2.35 bits per heavy atom. The van der Waals surface area contributed by atoms with Crippen LogP contribution >= 0.6 is 0 Å². The van der Waals surface area contributed by atoms with Gasteiger partial charge < -0.3 is 4.74 Å². The van der Waals surface area contributed by atoms with Gasteiger partial charge in [0, 0.05) is 39.3 Å². The smallest absolute Gasteiger partial charge is 0.0978 e. The topological polar surface area (TPSA) is 39.5 Å². The van der Waals surface area contributed by atoms with E-state index in [4.69, 9.17) is 4.74 Å². The molecule has 0 bridgehead atoms. The van der Waals surface area contributed by atoms with Crippen molar-refractivity contribution in [2.24, 2.45) is 5.92 Å². The standard InChI is InChI=1S/C16H31N3O/c1-4-5-16(14-17)19-9-7-18(8-10-19)11-13-20-12-6-15(2)3/h15-16H,4-13H2,1-3H3. The van der Waals surface area contributed by atoms with Crippen LogP contribution in [-0.4, -0.2) is 61.8 Å². The number of ether oxygens (including phenoxy) is 1. The molecule has 1 heterocycles. The van der Waals surface area contributed by atoms with Gasteiger partial charge in [-0.25, -0.2) is 0 Å². The quantitative estimate of drug-likeness (QED) is 0.608. The van der Waals surface area contributed by atoms with Crippen molar-refractivity contribution in [3.8, 4) is 6.07 Å². The average molecular weight is 281 g/mol. The van der Waals surface area contributed by atoms with Crippen molar-refractivity contribution in [2.75, 3.05) is 45.9 Å². The van der Waals surface area contributed by atoms with Crippen molar-refractivity contribution in [3.05, 3.63) is 0 Å². The Hall–Kier alpha value is -0.630. The SMILES string of the molecule is CCCC(C#N)N1CCN(CCOCCC(C)C)CC1. The van der Waals surface area contributed by atoms with Gasteiger partial charge in [0.25, 0.3) is 0 Å². The van der Waals surface area contributed by atoms with Crippen molar-refractivity contribution < 1.29 is 4.74 Å². The van der Waals surface area contributed by atoms with Crippen molar-refractivity contribution in [1.29, 1.82) is 5.26 Å². The van der Waals surface area contributed by atoms with Crippen LogP contribution in [0, 0.1) is 17.2 Å². The first-order chi connectivity index (χ1) is 9.67. The van der Waals surface area contributed by atoms with Crippen molar-refractivity contribution in [1.82, 2.24) is 9.80 Å². The predicted molar refractivity (Wildman–Crippen MR) is 82.6 cm³/mol. The second-order valence-electron chi connectivity index (χ2n) is 6.11. The molecule has 1 aliphatic heterocycles. The van der Waals surface area contributed by atoms with E-state index in [0.717, 1.165) is 71.1 Å². The fourth-order valence-electron chi connectivity index (χ4n) is 2.52. The molecule has 0 aromatic heterocycles. The first kappa shape index (κ1) is 17.4. The van der Waals surface area contributed by atoms with Crippen molar-refractivity contribution in [2.45, 2.75) is 46.1 Å². The van der Waals surface area contributed by atoms with E-state index < -0.39 is 0 Å². The number of piperazine rings is 1. The molecule has 0 saturated carbocycles. The average Bonchev–Trinajstić information content (AvgIpc) is 2.45. The van der Waals surface area contributed by atoms with Gasteiger partial charge in [0.05, 0.1) is 18.7 Å². The van der Waals surface area contributed by atoms with E-state index in [-0.39, 0.29) is 6.04 Å². The molecular formula is C16H31N3O. The highest BCUT2D eigenvalue weighted by molar-refractivity contribution is 4.93. The number of rotatable bonds is 9. The summed E-state index contributed by atoms with van der Waals surface area (Å²) in [5.41, 5.74) is 0. The highest BCUT2D eigenvalue weighted by Gasteiger charge is 2.22. The third kappa shape index (κ3) is 6.69. The number of hydrogen-bond acceptors (Lipinski definition) is 4. The van der Waals surface area contributed by atoms with Crippen LogP contribution in [0.3, 0.4) is 0 Å². The molecule has 4 heteroatoms. The number of nitriles is 1. The molecule has 0 aliphatic carbocycles. The molecule has 0 aromatic rings. The van der Waals surface area contributed by atoms with Crippen LogP contribution in [0.25, 0.3) is 0 Å². The maximum Gasteiger partial charge on any atom is 0.0978 e. The Kier molecular flexibility index (Phi) is 8.84. The largest absolute Gasteiger partial charge is 0.380 e. The van der Waals surface area contributed by atoms with Crippen LogP contribution < -0.4 is 0 Å². The molecule has 0 N–H and O–H groups in total. The van der Waals surface area contributed by atoms with Crippen molar-refractivity contribution in [3.63, 3.8) is 0 Å². The summed E-state index contributed by atoms with van der Waals surface area (Å²) in [6.07, 6.45) is 3.23. The lowest BCUT2D eigenvalue weighted by molar-refractivity contribution is 0.0642. The fraction of sp³-hybridized carbons (Fsp3) is 0.938. The Labute approximate surface area is 124 Å². The molecule has 1 atom stereocenters. The van der Waals surface area contributed by atoms with Crippen LogP contribution in [0.15, 0.2) is 0 Å². The van der Waals surface area contributed by atoms with Gasteiger partial charge >= 0.3 is 0 Å². The molecule has 1 rings (SSSR count).